The molecule has 0 aliphatic heterocycles. The Hall–Kier alpha value is -1.72. The highest BCUT2D eigenvalue weighted by molar-refractivity contribution is 5.82. The largest absolute Gasteiger partial charge is 0.480 e. The van der Waals surface area contributed by atoms with Gasteiger partial charge in [-0.25, -0.2) is 0 Å². The van der Waals surface area contributed by atoms with E-state index in [0.29, 0.717) is 12.2 Å². The van der Waals surface area contributed by atoms with Crippen LogP contribution in [0.4, 0.5) is 0 Å². The molecule has 6 nitrogen and oxygen atoms in total. The molecule has 0 aromatic rings. The number of carboxylic acids is 1. The van der Waals surface area contributed by atoms with E-state index < -0.39 is 5.97 Å². The zero-order chi connectivity index (χ0) is 24.7. The van der Waals surface area contributed by atoms with Crippen LogP contribution >= 0.6 is 0 Å². The van der Waals surface area contributed by atoms with Gasteiger partial charge in [-0.15, -0.1) is 0 Å². The Balaban J connectivity index is 3.46. The summed E-state index contributed by atoms with van der Waals surface area (Å²) in [5, 5.41) is 8.94. The number of carboxylic acid groups (broad SMARTS) is 1. The number of hydrogen-bond acceptors (Lipinski definition) is 4. The van der Waals surface area contributed by atoms with E-state index in [-0.39, 0.29) is 31.2 Å². The van der Waals surface area contributed by atoms with Crippen molar-refractivity contribution >= 4 is 23.4 Å². The van der Waals surface area contributed by atoms with E-state index in [2.05, 4.69) is 0 Å². The monoisotopic (exact) mass is 467 g/mol. The lowest BCUT2D eigenvalue weighted by molar-refractivity contribution is -0.144. The Morgan fingerprint density at radius 3 is 1.18 bits per heavy atom. The normalized spacial score (nSPS) is 10.8. The molecule has 0 aliphatic rings. The molecule has 0 aromatic carbocycles. The molecule has 0 unspecified atom stereocenters. The van der Waals surface area contributed by atoms with Crippen LogP contribution < -0.4 is 0 Å². The minimum atomic E-state index is -1.04. The van der Waals surface area contributed by atoms with Gasteiger partial charge in [0.15, 0.2) is 0 Å². The first-order chi connectivity index (χ1) is 15.8. The van der Waals surface area contributed by atoms with E-state index in [4.69, 9.17) is 5.11 Å². The molecule has 0 radical (unpaired) electrons. The maximum Gasteiger partial charge on any atom is 0.323 e. The van der Waals surface area contributed by atoms with Crippen molar-refractivity contribution < 1.29 is 24.3 Å². The Morgan fingerprint density at radius 1 is 0.515 bits per heavy atom. The van der Waals surface area contributed by atoms with Gasteiger partial charge in [-0.2, -0.15) is 0 Å². The average molecular weight is 468 g/mol. The van der Waals surface area contributed by atoms with Crippen LogP contribution in [-0.4, -0.2) is 46.5 Å². The van der Waals surface area contributed by atoms with Gasteiger partial charge in [0.2, 0.25) is 5.91 Å². The smallest absolute Gasteiger partial charge is 0.323 e. The number of aliphatic carboxylic acids is 1. The summed E-state index contributed by atoms with van der Waals surface area (Å²) in [7, 11) is 0. The molecule has 0 aromatic heterocycles. The SMILES string of the molecule is CC(=O)CCCCCCCCCCCCCCCCCCC(=O)N(CCC(C)=O)CC(=O)O. The Kier molecular flexibility index (Phi) is 20.9. The minimum Gasteiger partial charge on any atom is -0.480 e. The summed E-state index contributed by atoms with van der Waals surface area (Å²) < 4.78 is 0. The molecule has 0 heterocycles. The van der Waals surface area contributed by atoms with Gasteiger partial charge >= 0.3 is 5.97 Å². The zero-order valence-corrected chi connectivity index (χ0v) is 21.4. The standard InChI is InChI=1S/C27H49NO5/c1-24(29)19-17-15-13-11-9-7-5-3-4-6-8-10-12-14-16-18-20-26(31)28(23-27(32)33)22-21-25(2)30/h3-23H2,1-2H3,(H,32,33). The lowest BCUT2D eigenvalue weighted by atomic mass is 10.0. The fraction of sp³-hybridized carbons (Fsp3) is 0.852. The summed E-state index contributed by atoms with van der Waals surface area (Å²) in [6.07, 6.45) is 20.7. The number of hydrogen-bond donors (Lipinski definition) is 1. The van der Waals surface area contributed by atoms with Gasteiger partial charge in [0.1, 0.15) is 18.1 Å². The van der Waals surface area contributed by atoms with Crippen molar-refractivity contribution in [1.82, 2.24) is 4.90 Å². The molecule has 1 amide bonds. The van der Waals surface area contributed by atoms with Crippen LogP contribution in [0.15, 0.2) is 0 Å². The maximum atomic E-state index is 12.2. The van der Waals surface area contributed by atoms with Crippen molar-refractivity contribution in [2.24, 2.45) is 0 Å². The molecule has 0 aliphatic carbocycles. The Labute approximate surface area is 201 Å². The highest BCUT2D eigenvalue weighted by atomic mass is 16.4. The van der Waals surface area contributed by atoms with Crippen molar-refractivity contribution in [3.63, 3.8) is 0 Å². The highest BCUT2D eigenvalue weighted by Gasteiger charge is 2.16. The summed E-state index contributed by atoms with van der Waals surface area (Å²) in [4.78, 5) is 46.4. The van der Waals surface area contributed by atoms with Gasteiger partial charge < -0.3 is 14.8 Å². The van der Waals surface area contributed by atoms with Crippen molar-refractivity contribution in [2.75, 3.05) is 13.1 Å². The minimum absolute atomic E-state index is 0.0353. The average Bonchev–Trinajstić information content (AvgIpc) is 2.75. The fourth-order valence-electron chi connectivity index (χ4n) is 4.03. The lowest BCUT2D eigenvalue weighted by Crippen LogP contribution is -2.36. The van der Waals surface area contributed by atoms with Crippen molar-refractivity contribution in [1.29, 1.82) is 0 Å². The molecule has 0 bridgehead atoms. The number of carbonyl (C=O) groups is 4. The number of unbranched alkanes of at least 4 members (excludes halogenated alkanes) is 15. The third-order valence-electron chi connectivity index (χ3n) is 6.08. The van der Waals surface area contributed by atoms with Crippen LogP contribution in [0.5, 0.6) is 0 Å². The molecule has 0 spiro atoms. The summed E-state index contributed by atoms with van der Waals surface area (Å²) in [6.45, 7) is 3.00. The number of ketones is 2. The van der Waals surface area contributed by atoms with Crippen LogP contribution in [0.3, 0.4) is 0 Å². The summed E-state index contributed by atoms with van der Waals surface area (Å²) >= 11 is 0. The van der Waals surface area contributed by atoms with Crippen molar-refractivity contribution in [2.45, 2.75) is 136 Å². The van der Waals surface area contributed by atoms with Gasteiger partial charge in [0, 0.05) is 25.8 Å². The first-order valence-corrected chi connectivity index (χ1v) is 13.3. The van der Waals surface area contributed by atoms with Gasteiger partial charge in [-0.1, -0.05) is 89.9 Å². The van der Waals surface area contributed by atoms with E-state index >= 15 is 0 Å². The van der Waals surface area contributed by atoms with Crippen LogP contribution in [-0.2, 0) is 19.2 Å². The number of nitrogens with zero attached hydrogens (tertiary/aromatic N) is 1. The molecule has 6 heteroatoms. The van der Waals surface area contributed by atoms with Gasteiger partial charge in [-0.3, -0.25) is 14.4 Å². The topological polar surface area (TPSA) is 91.8 Å². The molecule has 0 atom stereocenters. The summed E-state index contributed by atoms with van der Waals surface area (Å²) in [5.41, 5.74) is 0. The van der Waals surface area contributed by atoms with Crippen LogP contribution in [0.2, 0.25) is 0 Å². The van der Waals surface area contributed by atoms with Crippen LogP contribution in [0.1, 0.15) is 136 Å². The van der Waals surface area contributed by atoms with E-state index in [0.717, 1.165) is 32.1 Å². The Bertz CT molecular complexity index is 547. The third-order valence-corrected chi connectivity index (χ3v) is 6.08. The molecule has 0 saturated heterocycles. The molecule has 0 rings (SSSR count). The number of rotatable bonds is 24. The second-order valence-electron chi connectivity index (χ2n) is 9.52. The van der Waals surface area contributed by atoms with Gasteiger partial charge in [-0.05, 0) is 26.7 Å². The first-order valence-electron chi connectivity index (χ1n) is 13.3. The lowest BCUT2D eigenvalue weighted by Gasteiger charge is -2.20. The van der Waals surface area contributed by atoms with Gasteiger partial charge in [0.05, 0.1) is 0 Å². The predicted octanol–water partition coefficient (Wildman–Crippen LogP) is 6.49. The molecule has 0 saturated carbocycles. The van der Waals surface area contributed by atoms with Gasteiger partial charge in [0.25, 0.3) is 0 Å². The van der Waals surface area contributed by atoms with E-state index in [1.165, 1.54) is 88.9 Å². The van der Waals surface area contributed by atoms with E-state index in [1.54, 1.807) is 6.92 Å². The zero-order valence-electron chi connectivity index (χ0n) is 21.4. The maximum absolute atomic E-state index is 12.2. The third kappa shape index (κ3) is 23.2. The summed E-state index contributed by atoms with van der Waals surface area (Å²) in [5.74, 6) is -0.922. The summed E-state index contributed by atoms with van der Waals surface area (Å²) in [6, 6.07) is 0. The van der Waals surface area contributed by atoms with E-state index in [9.17, 15) is 19.2 Å². The molecule has 1 N–H and O–H groups in total. The van der Waals surface area contributed by atoms with Crippen LogP contribution in [0.25, 0.3) is 0 Å². The number of amides is 1. The van der Waals surface area contributed by atoms with Crippen LogP contribution in [0, 0.1) is 0 Å². The molecule has 192 valence electrons. The molecular weight excluding hydrogens is 418 g/mol. The molecular formula is C27H49NO5. The number of carbonyl (C=O) groups excluding carboxylic acids is 3. The van der Waals surface area contributed by atoms with E-state index in [1.807, 2.05) is 0 Å². The quantitative estimate of drug-likeness (QED) is 0.164. The fourth-order valence-corrected chi connectivity index (χ4v) is 4.03. The predicted molar refractivity (Wildman–Crippen MR) is 133 cm³/mol. The first kappa shape index (κ1) is 31.3. The van der Waals surface area contributed by atoms with Crippen molar-refractivity contribution in [3.05, 3.63) is 0 Å². The number of Topliss-reactive ketones (excluding diaryl/α,β-unsaturated/α-hetero) is 2. The second kappa shape index (κ2) is 22.1. The molecule has 33 heavy (non-hydrogen) atoms. The second-order valence-corrected chi connectivity index (χ2v) is 9.52. The highest BCUT2D eigenvalue weighted by Crippen LogP contribution is 2.14. The van der Waals surface area contributed by atoms with Crippen molar-refractivity contribution in [3.8, 4) is 0 Å². The molecule has 0 fully saturated rings. The Morgan fingerprint density at radius 2 is 0.848 bits per heavy atom.